The number of hydrogen-bond donors (Lipinski definition) is 6. The van der Waals surface area contributed by atoms with Gasteiger partial charge in [-0.2, -0.15) is 0 Å². The van der Waals surface area contributed by atoms with Crippen molar-refractivity contribution in [1.82, 2.24) is 10.3 Å². The number of aryl methyl sites for hydroxylation is 1. The van der Waals surface area contributed by atoms with Crippen LogP contribution in [0.3, 0.4) is 0 Å². The van der Waals surface area contributed by atoms with Gasteiger partial charge in [-0.3, -0.25) is 14.9 Å². The predicted molar refractivity (Wildman–Crippen MR) is 203 cm³/mol. The number of carbonyl (C=O) groups excluding carboxylic acids is 2. The van der Waals surface area contributed by atoms with E-state index < -0.39 is 18.0 Å². The van der Waals surface area contributed by atoms with E-state index in [-0.39, 0.29) is 54.0 Å². The Balaban J connectivity index is 1.03. The molecule has 0 saturated carbocycles. The number of aromatic amines is 1. The number of piperidine rings is 1. The molecule has 5 aromatic rings. The lowest BCUT2D eigenvalue weighted by atomic mass is 9.99. The van der Waals surface area contributed by atoms with Gasteiger partial charge in [0.2, 0.25) is 11.5 Å². The van der Waals surface area contributed by atoms with Crippen LogP contribution in [-0.2, 0) is 22.5 Å². The molecule has 4 aromatic carbocycles. The van der Waals surface area contributed by atoms with Crippen LogP contribution < -0.4 is 21.5 Å². The average Bonchev–Trinajstić information content (AvgIpc) is 3.13. The van der Waals surface area contributed by atoms with Gasteiger partial charge in [0.05, 0.1) is 50.2 Å². The van der Waals surface area contributed by atoms with Gasteiger partial charge < -0.3 is 35.1 Å². The number of quaternary nitrogens is 1. The lowest BCUT2D eigenvalue weighted by molar-refractivity contribution is -0.896. The van der Waals surface area contributed by atoms with Crippen molar-refractivity contribution in [3.63, 3.8) is 0 Å². The first-order valence-electron chi connectivity index (χ1n) is 17.7. The van der Waals surface area contributed by atoms with Crippen LogP contribution in [-0.4, -0.2) is 71.5 Å². The van der Waals surface area contributed by atoms with Gasteiger partial charge in [0, 0.05) is 49.4 Å². The number of phenols is 1. The number of aliphatic hydroxyl groups excluding tert-OH is 1. The van der Waals surface area contributed by atoms with E-state index in [4.69, 9.17) is 4.74 Å². The smallest absolute Gasteiger partial charge is 0.411 e. The number of carbonyl (C=O) groups is 2. The van der Waals surface area contributed by atoms with E-state index in [1.807, 2.05) is 48.5 Å². The molecule has 1 fully saturated rings. The summed E-state index contributed by atoms with van der Waals surface area (Å²) in [6.45, 7) is 2.25. The number of nitrogens with one attached hydrogen (secondary N) is 4. The van der Waals surface area contributed by atoms with Crippen molar-refractivity contribution in [3.05, 3.63) is 124 Å². The van der Waals surface area contributed by atoms with Crippen LogP contribution in [0, 0.1) is 5.82 Å². The molecule has 6 rings (SSSR count). The maximum absolute atomic E-state index is 15.1. The molecule has 1 atom stereocenters. The molecule has 0 aliphatic carbocycles. The van der Waals surface area contributed by atoms with E-state index in [0.717, 1.165) is 47.1 Å². The lowest BCUT2D eigenvalue weighted by Gasteiger charge is -2.36. The van der Waals surface area contributed by atoms with E-state index >= 15 is 4.39 Å². The van der Waals surface area contributed by atoms with Crippen molar-refractivity contribution in [2.75, 3.05) is 44.4 Å². The number of pyridine rings is 1. The molecule has 6 N–H and O–H groups in total. The number of amides is 2. The molecule has 2 amide bonds. The lowest BCUT2D eigenvalue weighted by Crippen LogP contribution is -2.48. The molecular formula is C41H45FN5O6+. The quantitative estimate of drug-likeness (QED) is 0.0837. The normalized spacial score (nSPS) is 14.8. The Kier molecular flexibility index (Phi) is 11.5. The summed E-state index contributed by atoms with van der Waals surface area (Å²) in [5.74, 6) is -1.05. The highest BCUT2D eigenvalue weighted by Crippen LogP contribution is 2.31. The first-order chi connectivity index (χ1) is 25.4. The molecule has 0 unspecified atom stereocenters. The number of hydrogen-bond acceptors (Lipinski definition) is 7. The van der Waals surface area contributed by atoms with Gasteiger partial charge in [-0.05, 0) is 59.0 Å². The maximum atomic E-state index is 15.1. The fourth-order valence-electron chi connectivity index (χ4n) is 6.62. The number of benzene rings is 4. The molecule has 1 saturated heterocycles. The topological polar surface area (TPSA) is 153 Å². The molecule has 0 radical (unpaired) electrons. The van der Waals surface area contributed by atoms with Crippen LogP contribution in [0.25, 0.3) is 22.0 Å². The standard InChI is InChI=1S/C41H44FN5O6/c1-47(2)20-18-29(19-21-47)53-41(52)45-35-23-26(8-11-30(35)28-6-4-3-5-7-28)10-16-38(50)44-34-14-9-27(22-33(34)42)24-43-25-37(49)31-12-15-36(48)40-32(31)13-17-39(51)46-40/h3-9,11-15,17,22-23,29,37,43,49H,10,16,18-21,24-25H2,1-2H3,(H3-,44,45,46,48,50,51,52)/p+1/t37-/m0/s1. The molecule has 53 heavy (non-hydrogen) atoms. The second-order valence-corrected chi connectivity index (χ2v) is 14.2. The minimum Gasteiger partial charge on any atom is -0.506 e. The molecule has 12 heteroatoms. The largest absolute Gasteiger partial charge is 0.506 e. The number of fused-ring (bicyclic) bond motifs is 1. The minimum absolute atomic E-state index is 0.0535. The number of likely N-dealkylation sites (tertiary alicyclic amines) is 1. The summed E-state index contributed by atoms with van der Waals surface area (Å²) in [4.78, 5) is 40.2. The van der Waals surface area contributed by atoms with Gasteiger partial charge in [-0.25, -0.2) is 9.18 Å². The van der Waals surface area contributed by atoms with Crippen molar-refractivity contribution >= 4 is 34.3 Å². The van der Waals surface area contributed by atoms with Gasteiger partial charge in [0.15, 0.2) is 0 Å². The Morgan fingerprint density at radius 3 is 2.43 bits per heavy atom. The third-order valence-electron chi connectivity index (χ3n) is 9.67. The van der Waals surface area contributed by atoms with Crippen LogP contribution in [0.4, 0.5) is 20.6 Å². The number of phenolic OH excluding ortho intramolecular Hbond substituents is 1. The summed E-state index contributed by atoms with van der Waals surface area (Å²) in [6, 6.07) is 25.8. The third-order valence-corrected chi connectivity index (χ3v) is 9.67. The Morgan fingerprint density at radius 1 is 0.925 bits per heavy atom. The number of aromatic hydroxyl groups is 1. The molecule has 0 spiro atoms. The minimum atomic E-state index is -0.962. The highest BCUT2D eigenvalue weighted by Gasteiger charge is 2.28. The molecule has 1 aromatic heterocycles. The number of halogens is 1. The zero-order valence-electron chi connectivity index (χ0n) is 29.8. The van der Waals surface area contributed by atoms with Crippen molar-refractivity contribution in [1.29, 1.82) is 0 Å². The van der Waals surface area contributed by atoms with Crippen LogP contribution in [0.2, 0.25) is 0 Å². The first kappa shape index (κ1) is 37.2. The molecule has 1 aliphatic rings. The number of H-pyrrole nitrogens is 1. The number of aromatic nitrogens is 1. The fourth-order valence-corrected chi connectivity index (χ4v) is 6.62. The zero-order valence-corrected chi connectivity index (χ0v) is 29.8. The van der Waals surface area contributed by atoms with Gasteiger partial charge in [0.25, 0.3) is 0 Å². The van der Waals surface area contributed by atoms with E-state index in [1.54, 1.807) is 18.2 Å². The summed E-state index contributed by atoms with van der Waals surface area (Å²) < 4.78 is 21.7. The van der Waals surface area contributed by atoms with E-state index in [9.17, 15) is 24.6 Å². The number of rotatable bonds is 12. The zero-order chi connectivity index (χ0) is 37.5. The number of aliphatic hydroxyl groups is 1. The highest BCUT2D eigenvalue weighted by molar-refractivity contribution is 5.93. The summed E-state index contributed by atoms with van der Waals surface area (Å²) >= 11 is 0. The molecule has 1 aliphatic heterocycles. The summed E-state index contributed by atoms with van der Waals surface area (Å²) in [6.07, 6.45) is 0.442. The molecule has 11 nitrogen and oxygen atoms in total. The van der Waals surface area contributed by atoms with Crippen LogP contribution >= 0.6 is 0 Å². The average molecular weight is 723 g/mol. The SMILES string of the molecule is C[N+]1(C)CCC(OC(=O)Nc2cc(CCC(=O)Nc3ccc(CNC[C@H](O)c4ccc(O)c5[nH]c(=O)ccc45)cc3F)ccc2-c2ccccc2)CC1. The molecule has 276 valence electrons. The van der Waals surface area contributed by atoms with E-state index in [2.05, 4.69) is 35.0 Å². The van der Waals surface area contributed by atoms with Crippen molar-refractivity contribution in [3.8, 4) is 16.9 Å². The molecule has 2 heterocycles. The Morgan fingerprint density at radius 2 is 1.68 bits per heavy atom. The fraction of sp³-hybridized carbons (Fsp3) is 0.293. The van der Waals surface area contributed by atoms with E-state index in [1.165, 1.54) is 24.3 Å². The van der Waals surface area contributed by atoms with Crippen molar-refractivity contribution in [2.24, 2.45) is 0 Å². The van der Waals surface area contributed by atoms with E-state index in [0.29, 0.717) is 28.6 Å². The predicted octanol–water partition coefficient (Wildman–Crippen LogP) is 6.22. The van der Waals surface area contributed by atoms with Crippen molar-refractivity contribution < 1.29 is 33.4 Å². The summed E-state index contributed by atoms with van der Waals surface area (Å²) in [7, 11) is 4.34. The number of ether oxygens (including phenoxy) is 1. The van der Waals surface area contributed by atoms with Gasteiger partial charge in [-0.15, -0.1) is 0 Å². The van der Waals surface area contributed by atoms with Crippen LogP contribution in [0.5, 0.6) is 5.75 Å². The van der Waals surface area contributed by atoms with Crippen molar-refractivity contribution in [2.45, 2.75) is 44.4 Å². The Bertz CT molecular complexity index is 2140. The Hall–Kier alpha value is -5.56. The van der Waals surface area contributed by atoms with Gasteiger partial charge in [0.1, 0.15) is 17.7 Å². The van der Waals surface area contributed by atoms with Gasteiger partial charge in [-0.1, -0.05) is 54.6 Å². The summed E-state index contributed by atoms with van der Waals surface area (Å²) in [5.41, 5.74) is 4.22. The molecule has 0 bridgehead atoms. The third kappa shape index (κ3) is 9.66. The second-order valence-electron chi connectivity index (χ2n) is 14.2. The van der Waals surface area contributed by atoms with Crippen LogP contribution in [0.15, 0.2) is 95.8 Å². The highest BCUT2D eigenvalue weighted by atomic mass is 19.1. The monoisotopic (exact) mass is 722 g/mol. The first-order valence-corrected chi connectivity index (χ1v) is 17.7. The second kappa shape index (κ2) is 16.4. The summed E-state index contributed by atoms with van der Waals surface area (Å²) in [5, 5.41) is 30.1. The number of nitrogens with zero attached hydrogens (tertiary/aromatic N) is 1. The maximum Gasteiger partial charge on any atom is 0.411 e. The number of anilines is 2. The van der Waals surface area contributed by atoms with Gasteiger partial charge >= 0.3 is 6.09 Å². The van der Waals surface area contributed by atoms with Crippen LogP contribution in [0.1, 0.15) is 42.1 Å². The molecular weight excluding hydrogens is 677 g/mol. The Labute approximate surface area is 307 Å².